The van der Waals surface area contributed by atoms with Gasteiger partial charge in [-0.1, -0.05) is 42.5 Å². The van der Waals surface area contributed by atoms with Gasteiger partial charge in [-0.25, -0.2) is 0 Å². The maximum absolute atomic E-state index is 10.8. The molecule has 1 N–H and O–H groups in total. The molecule has 0 aliphatic heterocycles. The van der Waals surface area contributed by atoms with Crippen LogP contribution >= 0.6 is 15.9 Å². The van der Waals surface area contributed by atoms with Crippen LogP contribution in [0.15, 0.2) is 83.3 Å². The Labute approximate surface area is 194 Å². The van der Waals surface area contributed by atoms with Crippen LogP contribution in [0.3, 0.4) is 0 Å². The lowest BCUT2D eigenvalue weighted by molar-refractivity contribution is -0.384. The Balaban J connectivity index is 1.48. The van der Waals surface area contributed by atoms with Crippen molar-refractivity contribution in [1.29, 1.82) is 0 Å². The molecule has 0 aliphatic carbocycles. The summed E-state index contributed by atoms with van der Waals surface area (Å²) in [7, 11) is 1.61. The van der Waals surface area contributed by atoms with E-state index in [1.807, 2.05) is 30.3 Å². The Kier molecular flexibility index (Phi) is 6.56. The van der Waals surface area contributed by atoms with Crippen molar-refractivity contribution in [2.75, 3.05) is 12.4 Å². The molecule has 7 heteroatoms. The molecule has 0 unspecified atom stereocenters. The first-order valence-corrected chi connectivity index (χ1v) is 10.8. The fourth-order valence-corrected chi connectivity index (χ4v) is 4.09. The minimum absolute atomic E-state index is 0.0626. The average molecular weight is 493 g/mol. The van der Waals surface area contributed by atoms with Crippen LogP contribution in [0.5, 0.6) is 11.5 Å². The monoisotopic (exact) mass is 492 g/mol. The van der Waals surface area contributed by atoms with Crippen molar-refractivity contribution in [3.8, 4) is 11.5 Å². The first-order valence-electron chi connectivity index (χ1n) is 9.99. The van der Waals surface area contributed by atoms with Gasteiger partial charge in [-0.2, -0.15) is 0 Å². The van der Waals surface area contributed by atoms with Crippen LogP contribution in [0.2, 0.25) is 0 Å². The van der Waals surface area contributed by atoms with Gasteiger partial charge in [-0.3, -0.25) is 10.1 Å². The molecule has 4 aromatic rings. The number of rotatable bonds is 8. The highest BCUT2D eigenvalue weighted by atomic mass is 79.9. The first-order chi connectivity index (χ1) is 15.5. The van der Waals surface area contributed by atoms with Gasteiger partial charge in [-0.15, -0.1) is 0 Å². The molecule has 0 bridgehead atoms. The van der Waals surface area contributed by atoms with Gasteiger partial charge in [-0.05, 0) is 62.1 Å². The van der Waals surface area contributed by atoms with Crippen molar-refractivity contribution >= 4 is 38.1 Å². The molecule has 0 fully saturated rings. The predicted molar refractivity (Wildman–Crippen MR) is 129 cm³/mol. The summed E-state index contributed by atoms with van der Waals surface area (Å²) >= 11 is 3.61. The third-order valence-electron chi connectivity index (χ3n) is 5.12. The quantitative estimate of drug-likeness (QED) is 0.218. The normalized spacial score (nSPS) is 10.7. The van der Waals surface area contributed by atoms with E-state index in [0.717, 1.165) is 26.7 Å². The number of hydrogen-bond acceptors (Lipinski definition) is 5. The van der Waals surface area contributed by atoms with Crippen molar-refractivity contribution in [2.45, 2.75) is 13.2 Å². The van der Waals surface area contributed by atoms with E-state index in [2.05, 4.69) is 45.5 Å². The zero-order valence-corrected chi connectivity index (χ0v) is 19.0. The molecule has 0 spiro atoms. The molecule has 0 aliphatic rings. The standard InChI is InChI=1S/C25H21BrN2O4/c1-31-24-14-17(15-27-20-9-11-21(12-10-20)28(29)30)13-23(26)25(24)32-16-19-7-4-6-18-5-2-3-8-22(18)19/h2-14,27H,15-16H2,1H3. The van der Waals surface area contributed by atoms with Crippen LogP contribution in [-0.4, -0.2) is 12.0 Å². The number of non-ortho nitro benzene ring substituents is 1. The first kappa shape index (κ1) is 21.6. The van der Waals surface area contributed by atoms with E-state index in [0.29, 0.717) is 24.7 Å². The van der Waals surface area contributed by atoms with Crippen LogP contribution in [-0.2, 0) is 13.2 Å². The van der Waals surface area contributed by atoms with Gasteiger partial charge in [0.2, 0.25) is 0 Å². The average Bonchev–Trinajstić information content (AvgIpc) is 2.82. The number of hydrogen-bond donors (Lipinski definition) is 1. The predicted octanol–water partition coefficient (Wildman–Crippen LogP) is 6.71. The molecule has 0 atom stereocenters. The summed E-state index contributed by atoms with van der Waals surface area (Å²) in [5.41, 5.74) is 2.93. The third kappa shape index (κ3) is 4.84. The zero-order chi connectivity index (χ0) is 22.5. The van der Waals surface area contributed by atoms with Crippen molar-refractivity contribution < 1.29 is 14.4 Å². The van der Waals surface area contributed by atoms with Gasteiger partial charge in [0.05, 0.1) is 16.5 Å². The molecule has 0 heterocycles. The molecule has 4 aromatic carbocycles. The molecule has 0 radical (unpaired) electrons. The van der Waals surface area contributed by atoms with Crippen LogP contribution < -0.4 is 14.8 Å². The van der Waals surface area contributed by atoms with Crippen molar-refractivity contribution in [2.24, 2.45) is 0 Å². The van der Waals surface area contributed by atoms with Gasteiger partial charge in [0.15, 0.2) is 11.5 Å². The summed E-state index contributed by atoms with van der Waals surface area (Å²) in [6.07, 6.45) is 0. The number of halogens is 1. The number of anilines is 1. The van der Waals surface area contributed by atoms with E-state index in [1.165, 1.54) is 17.5 Å². The summed E-state index contributed by atoms with van der Waals surface area (Å²) in [5, 5.41) is 16.4. The Hall–Kier alpha value is -3.58. The Morgan fingerprint density at radius 2 is 1.75 bits per heavy atom. The van der Waals surface area contributed by atoms with Crippen LogP contribution in [0, 0.1) is 10.1 Å². The zero-order valence-electron chi connectivity index (χ0n) is 17.4. The molecule has 4 rings (SSSR count). The maximum Gasteiger partial charge on any atom is 0.269 e. The van der Waals surface area contributed by atoms with Crippen LogP contribution in [0.1, 0.15) is 11.1 Å². The van der Waals surface area contributed by atoms with Gasteiger partial charge in [0.1, 0.15) is 6.61 Å². The fraction of sp³-hybridized carbons (Fsp3) is 0.120. The Morgan fingerprint density at radius 1 is 1.00 bits per heavy atom. The lowest BCUT2D eigenvalue weighted by Gasteiger charge is -2.16. The highest BCUT2D eigenvalue weighted by Gasteiger charge is 2.13. The molecular weight excluding hydrogens is 472 g/mol. The van der Waals surface area contributed by atoms with Crippen molar-refractivity contribution in [3.63, 3.8) is 0 Å². The topological polar surface area (TPSA) is 73.6 Å². The third-order valence-corrected chi connectivity index (χ3v) is 5.70. The molecule has 6 nitrogen and oxygen atoms in total. The van der Waals surface area contributed by atoms with E-state index < -0.39 is 4.92 Å². The van der Waals surface area contributed by atoms with E-state index in [-0.39, 0.29) is 5.69 Å². The molecule has 162 valence electrons. The number of methoxy groups -OCH3 is 1. The largest absolute Gasteiger partial charge is 0.493 e. The summed E-state index contributed by atoms with van der Waals surface area (Å²) < 4.78 is 12.5. The fourth-order valence-electron chi connectivity index (χ4n) is 3.49. The lowest BCUT2D eigenvalue weighted by Crippen LogP contribution is -2.03. The van der Waals surface area contributed by atoms with Crippen molar-refractivity contribution in [1.82, 2.24) is 0 Å². The minimum Gasteiger partial charge on any atom is -0.493 e. The van der Waals surface area contributed by atoms with E-state index in [9.17, 15) is 10.1 Å². The lowest BCUT2D eigenvalue weighted by atomic mass is 10.1. The van der Waals surface area contributed by atoms with Gasteiger partial charge in [0.25, 0.3) is 5.69 Å². The second-order valence-corrected chi connectivity index (χ2v) is 8.05. The minimum atomic E-state index is -0.414. The Bertz CT molecular complexity index is 1250. The van der Waals surface area contributed by atoms with Gasteiger partial charge in [0, 0.05) is 24.4 Å². The van der Waals surface area contributed by atoms with Crippen LogP contribution in [0.4, 0.5) is 11.4 Å². The molecule has 32 heavy (non-hydrogen) atoms. The second kappa shape index (κ2) is 9.70. The number of nitro benzene ring substituents is 1. The maximum atomic E-state index is 10.8. The van der Waals surface area contributed by atoms with E-state index in [1.54, 1.807) is 19.2 Å². The number of benzene rings is 4. The molecule has 0 saturated carbocycles. The summed E-state index contributed by atoms with van der Waals surface area (Å²) in [6, 6.07) is 24.6. The second-order valence-electron chi connectivity index (χ2n) is 7.19. The van der Waals surface area contributed by atoms with Crippen molar-refractivity contribution in [3.05, 3.63) is 105 Å². The van der Waals surface area contributed by atoms with E-state index >= 15 is 0 Å². The molecule has 0 saturated heterocycles. The van der Waals surface area contributed by atoms with E-state index in [4.69, 9.17) is 9.47 Å². The molecular formula is C25H21BrN2O4. The Morgan fingerprint density at radius 3 is 2.50 bits per heavy atom. The number of ether oxygens (including phenoxy) is 2. The number of nitro groups is 1. The smallest absolute Gasteiger partial charge is 0.269 e. The summed E-state index contributed by atoms with van der Waals surface area (Å²) in [4.78, 5) is 10.4. The number of nitrogens with one attached hydrogen (secondary N) is 1. The summed E-state index contributed by atoms with van der Waals surface area (Å²) in [5.74, 6) is 1.26. The highest BCUT2D eigenvalue weighted by Crippen LogP contribution is 2.37. The molecule has 0 aromatic heterocycles. The highest BCUT2D eigenvalue weighted by molar-refractivity contribution is 9.10. The van der Waals surface area contributed by atoms with Gasteiger partial charge >= 0.3 is 0 Å². The van der Waals surface area contributed by atoms with Gasteiger partial charge < -0.3 is 14.8 Å². The SMILES string of the molecule is COc1cc(CNc2ccc([N+](=O)[O-])cc2)cc(Br)c1OCc1cccc2ccccc12. The van der Waals surface area contributed by atoms with Crippen LogP contribution in [0.25, 0.3) is 10.8 Å². The summed E-state index contributed by atoms with van der Waals surface area (Å²) in [6.45, 7) is 0.938. The number of nitrogens with zero attached hydrogens (tertiary/aromatic N) is 1. The molecule has 0 amide bonds. The number of fused-ring (bicyclic) bond motifs is 1.